The number of halogens is 1. The summed E-state index contributed by atoms with van der Waals surface area (Å²) in [7, 11) is 0. The molecule has 27 heavy (non-hydrogen) atoms. The number of carbonyl (C=O) groups excluding carboxylic acids is 1. The summed E-state index contributed by atoms with van der Waals surface area (Å²) < 4.78 is 2.18. The van der Waals surface area contributed by atoms with Gasteiger partial charge in [-0.1, -0.05) is 48.9 Å². The summed E-state index contributed by atoms with van der Waals surface area (Å²) in [6.45, 7) is 5.53. The van der Waals surface area contributed by atoms with Gasteiger partial charge in [-0.3, -0.25) is 4.79 Å². The van der Waals surface area contributed by atoms with E-state index < -0.39 is 0 Å². The van der Waals surface area contributed by atoms with E-state index in [1.54, 1.807) is 0 Å². The van der Waals surface area contributed by atoms with Crippen LogP contribution in [0.4, 0.5) is 0 Å². The molecule has 0 aliphatic rings. The zero-order chi connectivity index (χ0) is 19.2. The van der Waals surface area contributed by atoms with E-state index >= 15 is 0 Å². The number of amides is 1. The lowest BCUT2D eigenvalue weighted by Gasteiger charge is -2.29. The van der Waals surface area contributed by atoms with E-state index in [1.165, 1.54) is 0 Å². The molecule has 1 heterocycles. The van der Waals surface area contributed by atoms with Gasteiger partial charge in [-0.25, -0.2) is 0 Å². The Morgan fingerprint density at radius 3 is 2.56 bits per heavy atom. The highest BCUT2D eigenvalue weighted by Gasteiger charge is 2.21. The van der Waals surface area contributed by atoms with Crippen molar-refractivity contribution < 1.29 is 4.79 Å². The molecule has 0 bridgehead atoms. The maximum Gasteiger partial charge on any atom is 0.254 e. The molecule has 1 amide bonds. The summed E-state index contributed by atoms with van der Waals surface area (Å²) in [5, 5.41) is 0.738. The molecule has 0 fully saturated rings. The van der Waals surface area contributed by atoms with Crippen LogP contribution in [0.15, 0.2) is 72.9 Å². The van der Waals surface area contributed by atoms with Gasteiger partial charge in [-0.2, -0.15) is 0 Å². The molecule has 0 saturated heterocycles. The van der Waals surface area contributed by atoms with Crippen LogP contribution in [0.5, 0.6) is 0 Å². The smallest absolute Gasteiger partial charge is 0.254 e. The van der Waals surface area contributed by atoms with Gasteiger partial charge in [-0.15, -0.1) is 0 Å². The van der Waals surface area contributed by atoms with Crippen LogP contribution in [0.3, 0.4) is 0 Å². The minimum Gasteiger partial charge on any atom is -0.345 e. The molecule has 0 spiro atoms. The van der Waals surface area contributed by atoms with E-state index in [-0.39, 0.29) is 11.9 Å². The van der Waals surface area contributed by atoms with Crippen LogP contribution in [0.1, 0.15) is 41.9 Å². The van der Waals surface area contributed by atoms with Crippen molar-refractivity contribution in [2.45, 2.75) is 39.4 Å². The van der Waals surface area contributed by atoms with Crippen molar-refractivity contribution in [3.63, 3.8) is 0 Å². The Balaban J connectivity index is 1.83. The molecule has 3 nitrogen and oxygen atoms in total. The predicted octanol–water partition coefficient (Wildman–Crippen LogP) is 5.63. The van der Waals surface area contributed by atoms with E-state index in [9.17, 15) is 4.79 Å². The van der Waals surface area contributed by atoms with Crippen LogP contribution in [-0.4, -0.2) is 21.4 Å². The fourth-order valence-electron chi connectivity index (χ4n) is 3.15. The first kappa shape index (κ1) is 19.2. The molecular formula is C23H25ClN2O. The second kappa shape index (κ2) is 8.92. The zero-order valence-corrected chi connectivity index (χ0v) is 16.6. The first-order valence-electron chi connectivity index (χ1n) is 9.33. The average Bonchev–Trinajstić information content (AvgIpc) is 3.12. The lowest BCUT2D eigenvalue weighted by Crippen LogP contribution is -2.38. The Morgan fingerprint density at radius 1 is 1.07 bits per heavy atom. The number of hydrogen-bond donors (Lipinski definition) is 0. The van der Waals surface area contributed by atoms with Gasteiger partial charge in [0.1, 0.15) is 0 Å². The molecule has 0 radical (unpaired) electrons. The van der Waals surface area contributed by atoms with Gasteiger partial charge in [0.05, 0.1) is 6.54 Å². The molecule has 140 valence electrons. The Morgan fingerprint density at radius 2 is 1.85 bits per heavy atom. The van der Waals surface area contributed by atoms with Crippen molar-refractivity contribution in [1.29, 1.82) is 0 Å². The molecule has 3 aromatic rings. The van der Waals surface area contributed by atoms with Crippen LogP contribution in [0.2, 0.25) is 5.02 Å². The summed E-state index contributed by atoms with van der Waals surface area (Å²) in [6, 6.07) is 21.7. The minimum atomic E-state index is 0.0699. The minimum absolute atomic E-state index is 0.0699. The second-order valence-corrected chi connectivity index (χ2v) is 7.25. The monoisotopic (exact) mass is 380 g/mol. The first-order valence-corrected chi connectivity index (χ1v) is 9.70. The first-order chi connectivity index (χ1) is 13.1. The number of aromatic nitrogens is 1. The third-order valence-corrected chi connectivity index (χ3v) is 5.14. The Hall–Kier alpha value is -2.52. The van der Waals surface area contributed by atoms with Crippen LogP contribution in [0.25, 0.3) is 0 Å². The number of nitrogens with zero attached hydrogens (tertiary/aromatic N) is 2. The maximum atomic E-state index is 13.1. The van der Waals surface area contributed by atoms with E-state index in [1.807, 2.05) is 59.5 Å². The van der Waals surface area contributed by atoms with E-state index in [2.05, 4.69) is 36.7 Å². The van der Waals surface area contributed by atoms with Gasteiger partial charge in [0.2, 0.25) is 0 Å². The molecule has 0 N–H and O–H groups in total. The predicted molar refractivity (Wildman–Crippen MR) is 111 cm³/mol. The molecule has 0 aliphatic carbocycles. The number of hydrogen-bond acceptors (Lipinski definition) is 1. The Labute approximate surface area is 166 Å². The largest absolute Gasteiger partial charge is 0.345 e. The Kier molecular flexibility index (Phi) is 6.36. The van der Waals surface area contributed by atoms with Gasteiger partial charge < -0.3 is 9.47 Å². The molecular weight excluding hydrogens is 356 g/mol. The van der Waals surface area contributed by atoms with Crippen molar-refractivity contribution in [2.75, 3.05) is 0 Å². The molecule has 1 aromatic heterocycles. The van der Waals surface area contributed by atoms with Gasteiger partial charge in [-0.05, 0) is 55.3 Å². The molecule has 4 heteroatoms. The maximum absolute atomic E-state index is 13.1. The molecule has 0 saturated carbocycles. The van der Waals surface area contributed by atoms with Crippen molar-refractivity contribution in [2.24, 2.45) is 0 Å². The van der Waals surface area contributed by atoms with E-state index in [0.717, 1.165) is 34.8 Å². The van der Waals surface area contributed by atoms with Crippen molar-refractivity contribution in [3.8, 4) is 0 Å². The fourth-order valence-corrected chi connectivity index (χ4v) is 3.36. The highest BCUT2D eigenvalue weighted by atomic mass is 35.5. The number of benzene rings is 2. The molecule has 1 atom stereocenters. The molecule has 1 unspecified atom stereocenters. The highest BCUT2D eigenvalue weighted by Crippen LogP contribution is 2.18. The van der Waals surface area contributed by atoms with Crippen LogP contribution >= 0.6 is 11.6 Å². The lowest BCUT2D eigenvalue weighted by atomic mass is 10.1. The van der Waals surface area contributed by atoms with Gasteiger partial charge in [0, 0.05) is 35.1 Å². The third kappa shape index (κ3) is 4.81. The van der Waals surface area contributed by atoms with E-state index in [0.29, 0.717) is 6.54 Å². The SMILES string of the molecule is CCC(C)N(Cc1cccn1Cc1cccc(Cl)c1)C(=O)c1ccccc1. The van der Waals surface area contributed by atoms with Gasteiger partial charge in [0.25, 0.3) is 5.91 Å². The van der Waals surface area contributed by atoms with Crippen LogP contribution in [-0.2, 0) is 13.1 Å². The quantitative estimate of drug-likeness (QED) is 0.521. The summed E-state index contributed by atoms with van der Waals surface area (Å²) in [5.74, 6) is 0.0699. The zero-order valence-electron chi connectivity index (χ0n) is 15.8. The molecule has 3 rings (SSSR count). The van der Waals surface area contributed by atoms with Crippen molar-refractivity contribution in [3.05, 3.63) is 94.8 Å². The van der Waals surface area contributed by atoms with Crippen LogP contribution in [0, 0.1) is 0 Å². The van der Waals surface area contributed by atoms with Crippen molar-refractivity contribution >= 4 is 17.5 Å². The normalized spacial score (nSPS) is 12.0. The topological polar surface area (TPSA) is 25.2 Å². The molecule has 2 aromatic carbocycles. The summed E-state index contributed by atoms with van der Waals surface area (Å²) in [4.78, 5) is 15.0. The fraction of sp³-hybridized carbons (Fsp3) is 0.261. The van der Waals surface area contributed by atoms with E-state index in [4.69, 9.17) is 11.6 Å². The number of carbonyl (C=O) groups is 1. The standard InChI is InChI=1S/C23H25ClN2O/c1-3-18(2)26(23(27)20-10-5-4-6-11-20)17-22-13-8-14-25(22)16-19-9-7-12-21(24)15-19/h4-15,18H,3,16-17H2,1-2H3. The molecule has 0 aliphatic heterocycles. The number of rotatable bonds is 7. The lowest BCUT2D eigenvalue weighted by molar-refractivity contribution is 0.0667. The highest BCUT2D eigenvalue weighted by molar-refractivity contribution is 6.30. The van der Waals surface area contributed by atoms with Crippen molar-refractivity contribution in [1.82, 2.24) is 9.47 Å². The Bertz CT molecular complexity index is 888. The van der Waals surface area contributed by atoms with Gasteiger partial charge >= 0.3 is 0 Å². The van der Waals surface area contributed by atoms with Crippen LogP contribution < -0.4 is 0 Å². The van der Waals surface area contributed by atoms with Gasteiger partial charge in [0.15, 0.2) is 0 Å². The average molecular weight is 381 g/mol. The summed E-state index contributed by atoms with van der Waals surface area (Å²) >= 11 is 6.12. The summed E-state index contributed by atoms with van der Waals surface area (Å²) in [6.07, 6.45) is 2.96. The second-order valence-electron chi connectivity index (χ2n) is 6.81. The summed E-state index contributed by atoms with van der Waals surface area (Å²) in [5.41, 5.74) is 2.98. The third-order valence-electron chi connectivity index (χ3n) is 4.90.